The quantitative estimate of drug-likeness (QED) is 0.570. The van der Waals surface area contributed by atoms with Gasteiger partial charge in [0.05, 0.1) is 30.3 Å². The number of nitrogens with zero attached hydrogens (tertiary/aromatic N) is 1. The number of amides is 2. The topological polar surface area (TPSA) is 105 Å². The largest absolute Gasteiger partial charge is 0.497 e. The van der Waals surface area contributed by atoms with Crippen molar-refractivity contribution in [3.8, 4) is 5.75 Å². The molecule has 5 atom stereocenters. The van der Waals surface area contributed by atoms with E-state index in [4.69, 9.17) is 9.47 Å². The van der Waals surface area contributed by atoms with Crippen LogP contribution in [0.5, 0.6) is 5.75 Å². The molecule has 0 saturated carbocycles. The van der Waals surface area contributed by atoms with Crippen molar-refractivity contribution in [1.82, 2.24) is 4.90 Å². The summed E-state index contributed by atoms with van der Waals surface area (Å²) in [5, 5.41) is 12.3. The van der Waals surface area contributed by atoms with Crippen LogP contribution < -0.4 is 10.1 Å². The first-order valence-electron chi connectivity index (χ1n) is 11.0. The first-order valence-corrected chi connectivity index (χ1v) is 11.9. The van der Waals surface area contributed by atoms with Crippen molar-refractivity contribution in [1.29, 1.82) is 0 Å². The number of hydrogen-bond acceptors (Lipinski definition) is 7. The molecule has 3 saturated heterocycles. The van der Waals surface area contributed by atoms with Gasteiger partial charge in [-0.15, -0.1) is 11.8 Å². The average molecular weight is 463 g/mol. The van der Waals surface area contributed by atoms with Gasteiger partial charge >= 0.3 is 5.97 Å². The van der Waals surface area contributed by atoms with E-state index in [1.54, 1.807) is 55.0 Å². The zero-order valence-corrected chi connectivity index (χ0v) is 19.4. The Bertz CT molecular complexity index is 908. The van der Waals surface area contributed by atoms with E-state index in [1.165, 1.54) is 0 Å². The molecule has 0 radical (unpaired) electrons. The third-order valence-corrected chi connectivity index (χ3v) is 8.97. The summed E-state index contributed by atoms with van der Waals surface area (Å²) >= 11 is 1.60. The summed E-state index contributed by atoms with van der Waals surface area (Å²) < 4.78 is 9.40. The van der Waals surface area contributed by atoms with Crippen molar-refractivity contribution in [3.05, 3.63) is 24.3 Å². The number of carbonyl (C=O) groups excluding carboxylic acids is 3. The second-order valence-electron chi connectivity index (χ2n) is 8.81. The second kappa shape index (κ2) is 8.59. The van der Waals surface area contributed by atoms with Crippen LogP contribution in [0.2, 0.25) is 0 Å². The number of nitrogens with one attached hydrogen (secondary N) is 1. The van der Waals surface area contributed by atoms with Crippen molar-refractivity contribution in [2.75, 3.05) is 32.2 Å². The van der Waals surface area contributed by atoms with Crippen molar-refractivity contribution >= 4 is 35.2 Å². The van der Waals surface area contributed by atoms with Gasteiger partial charge in [0, 0.05) is 23.6 Å². The van der Waals surface area contributed by atoms with Gasteiger partial charge in [-0.25, -0.2) is 0 Å². The molecule has 2 amide bonds. The Morgan fingerprint density at radius 3 is 2.62 bits per heavy atom. The predicted octanol–water partition coefficient (Wildman–Crippen LogP) is 2.06. The van der Waals surface area contributed by atoms with Gasteiger partial charge in [0.2, 0.25) is 11.8 Å². The summed E-state index contributed by atoms with van der Waals surface area (Å²) in [5.41, 5.74) is 0.607. The highest BCUT2D eigenvalue weighted by molar-refractivity contribution is 8.02. The highest BCUT2D eigenvalue weighted by atomic mass is 32.2. The highest BCUT2D eigenvalue weighted by Crippen LogP contribution is 2.71. The minimum atomic E-state index is -0.722. The molecule has 0 aliphatic carbocycles. The van der Waals surface area contributed by atoms with Crippen molar-refractivity contribution in [2.45, 2.75) is 48.6 Å². The number of anilines is 1. The number of rotatable bonds is 8. The van der Waals surface area contributed by atoms with Crippen molar-refractivity contribution < 1.29 is 29.0 Å². The molecule has 8 nitrogen and oxygen atoms in total. The smallest absolute Gasteiger partial charge is 0.311 e. The summed E-state index contributed by atoms with van der Waals surface area (Å²) in [6.07, 6.45) is 1.79. The molecule has 0 aromatic heterocycles. The van der Waals surface area contributed by atoms with E-state index >= 15 is 0 Å². The lowest BCUT2D eigenvalue weighted by atomic mass is 9.66. The molecule has 1 spiro atoms. The molecule has 174 valence electrons. The SMILES string of the molecule is CCOC(=O)[C@@H]1[C@H]2C(=O)N(CCCO)C(C(=O)Nc3ccc(OC)cc3)C23CC[C@@]1(C)S3. The molecule has 2 bridgehead atoms. The van der Waals surface area contributed by atoms with Crippen molar-refractivity contribution in [2.24, 2.45) is 11.8 Å². The third-order valence-electron chi connectivity index (χ3n) is 6.98. The Morgan fingerprint density at radius 2 is 2.00 bits per heavy atom. The average Bonchev–Trinajstić information content (AvgIpc) is 3.33. The van der Waals surface area contributed by atoms with Crippen LogP contribution >= 0.6 is 11.8 Å². The van der Waals surface area contributed by atoms with Gasteiger partial charge in [-0.1, -0.05) is 0 Å². The van der Waals surface area contributed by atoms with Crippen LogP contribution in [0, 0.1) is 11.8 Å². The number of thioether (sulfide) groups is 1. The standard InChI is InChI=1S/C23H30N2O6S/c1-4-31-21(29)17-16-20(28)25(12-5-13-26)18(23(16)11-10-22(17,2)32-23)19(27)24-14-6-8-15(30-3)9-7-14/h6-9,16-18,26H,4-5,10-13H2,1-3H3,(H,24,27)/t16-,17-,18?,22+,23?/m0/s1. The Morgan fingerprint density at radius 1 is 1.28 bits per heavy atom. The fourth-order valence-electron chi connectivity index (χ4n) is 5.68. The van der Waals surface area contributed by atoms with Gasteiger partial charge in [-0.2, -0.15) is 0 Å². The number of benzene rings is 1. The Labute approximate surface area is 192 Å². The maximum Gasteiger partial charge on any atom is 0.311 e. The number of likely N-dealkylation sites (tertiary alicyclic amines) is 1. The fourth-order valence-corrected chi connectivity index (χ4v) is 8.03. The van der Waals surface area contributed by atoms with E-state index in [0.717, 1.165) is 6.42 Å². The first-order chi connectivity index (χ1) is 15.3. The third kappa shape index (κ3) is 3.46. The Hall–Kier alpha value is -2.26. The summed E-state index contributed by atoms with van der Waals surface area (Å²) in [6, 6.07) is 6.30. The fraction of sp³-hybridized carbons (Fsp3) is 0.609. The van der Waals surface area contributed by atoms with Crippen LogP contribution in [-0.4, -0.2) is 70.2 Å². The second-order valence-corrected chi connectivity index (χ2v) is 10.7. The van der Waals surface area contributed by atoms with Crippen LogP contribution in [0.25, 0.3) is 0 Å². The molecular weight excluding hydrogens is 432 g/mol. The molecule has 1 aromatic carbocycles. The van der Waals surface area contributed by atoms with Gasteiger partial charge in [0.1, 0.15) is 11.8 Å². The molecule has 3 heterocycles. The van der Waals surface area contributed by atoms with Gasteiger partial charge in [-0.05, 0) is 57.4 Å². The zero-order valence-electron chi connectivity index (χ0n) is 18.6. The van der Waals surface area contributed by atoms with E-state index in [9.17, 15) is 19.5 Å². The minimum absolute atomic E-state index is 0.0829. The van der Waals surface area contributed by atoms with E-state index in [-0.39, 0.29) is 37.5 Å². The normalized spacial score (nSPS) is 32.7. The summed E-state index contributed by atoms with van der Waals surface area (Å²) in [6.45, 7) is 4.20. The van der Waals surface area contributed by atoms with E-state index < -0.39 is 27.4 Å². The molecule has 3 fully saturated rings. The number of carbonyl (C=O) groups is 3. The van der Waals surface area contributed by atoms with Crippen LogP contribution in [0.1, 0.15) is 33.1 Å². The minimum Gasteiger partial charge on any atom is -0.497 e. The van der Waals surface area contributed by atoms with E-state index in [0.29, 0.717) is 24.3 Å². The molecule has 9 heteroatoms. The number of fused-ring (bicyclic) bond motifs is 1. The van der Waals surface area contributed by atoms with Gasteiger partial charge in [0.15, 0.2) is 0 Å². The number of ether oxygens (including phenoxy) is 2. The molecule has 1 aromatic rings. The summed E-state index contributed by atoms with van der Waals surface area (Å²) in [4.78, 5) is 41.7. The lowest BCUT2D eigenvalue weighted by Crippen LogP contribution is -2.51. The van der Waals surface area contributed by atoms with Crippen molar-refractivity contribution in [3.63, 3.8) is 0 Å². The number of methoxy groups -OCH3 is 1. The van der Waals surface area contributed by atoms with E-state index in [2.05, 4.69) is 5.32 Å². The summed E-state index contributed by atoms with van der Waals surface area (Å²) in [5.74, 6) is -1.33. The maximum atomic E-state index is 13.6. The Balaban J connectivity index is 1.68. The molecular formula is C23H30N2O6S. The number of esters is 1. The lowest BCUT2D eigenvalue weighted by Gasteiger charge is -2.34. The molecule has 2 unspecified atom stereocenters. The van der Waals surface area contributed by atoms with Gasteiger partial charge in [0.25, 0.3) is 0 Å². The molecule has 2 N–H and O–H groups in total. The number of hydrogen-bond donors (Lipinski definition) is 2. The number of aliphatic hydroxyl groups is 1. The Kier molecular flexibility index (Phi) is 6.15. The zero-order chi connectivity index (χ0) is 23.1. The molecule has 3 aliphatic rings. The first kappa shape index (κ1) is 22.9. The number of aliphatic hydroxyl groups excluding tert-OH is 1. The van der Waals surface area contributed by atoms with E-state index in [1.807, 2.05) is 6.92 Å². The molecule has 4 rings (SSSR count). The predicted molar refractivity (Wildman–Crippen MR) is 120 cm³/mol. The molecule has 32 heavy (non-hydrogen) atoms. The van der Waals surface area contributed by atoms with Crippen LogP contribution in [0.3, 0.4) is 0 Å². The van der Waals surface area contributed by atoms with Gasteiger partial charge < -0.3 is 24.8 Å². The molecule has 3 aliphatic heterocycles. The van der Waals surface area contributed by atoms with Gasteiger partial charge in [-0.3, -0.25) is 14.4 Å². The lowest BCUT2D eigenvalue weighted by molar-refractivity contribution is -0.155. The highest BCUT2D eigenvalue weighted by Gasteiger charge is 2.77. The van der Waals surface area contributed by atoms with Crippen LogP contribution in [-0.2, 0) is 19.1 Å². The summed E-state index contributed by atoms with van der Waals surface area (Å²) in [7, 11) is 1.57. The monoisotopic (exact) mass is 462 g/mol. The van der Waals surface area contributed by atoms with Crippen LogP contribution in [0.4, 0.5) is 5.69 Å². The van der Waals surface area contributed by atoms with Crippen LogP contribution in [0.15, 0.2) is 24.3 Å². The maximum absolute atomic E-state index is 13.6.